The lowest BCUT2D eigenvalue weighted by Crippen LogP contribution is -2.63. The first kappa shape index (κ1) is 32.8. The third-order valence-corrected chi connectivity index (χ3v) is 10.3. The van der Waals surface area contributed by atoms with Crippen LogP contribution in [0.1, 0.15) is 65.7 Å². The molecule has 2 aliphatic rings. The molecule has 41 heavy (non-hydrogen) atoms. The van der Waals surface area contributed by atoms with Crippen LogP contribution in [0.3, 0.4) is 0 Å². The quantitative estimate of drug-likeness (QED) is 0.216. The van der Waals surface area contributed by atoms with Gasteiger partial charge in [0.25, 0.3) is 0 Å². The summed E-state index contributed by atoms with van der Waals surface area (Å²) in [7, 11) is 0. The molecule has 0 bridgehead atoms. The summed E-state index contributed by atoms with van der Waals surface area (Å²) in [4.78, 5) is 39.3. The van der Waals surface area contributed by atoms with Gasteiger partial charge in [-0.25, -0.2) is 4.79 Å². The number of likely N-dealkylation sites (tertiary alicyclic amines) is 1. The molecule has 11 heteroatoms. The van der Waals surface area contributed by atoms with Crippen molar-refractivity contribution in [2.75, 3.05) is 19.7 Å². The molecule has 0 aromatic carbocycles. The molecular formula is C30H44N2O8S. The van der Waals surface area contributed by atoms with Gasteiger partial charge in [0.2, 0.25) is 0 Å². The number of rotatable bonds is 14. The lowest BCUT2D eigenvalue weighted by atomic mass is 9.69. The third kappa shape index (κ3) is 6.38. The van der Waals surface area contributed by atoms with E-state index in [4.69, 9.17) is 4.74 Å². The molecule has 1 saturated heterocycles. The standard InChI is InChI=1S/C30H44N2O8S/c1-7-40-27(4,5)29(13-11-21-9-8-16-41-21)14-15-32(19-29)26(2,3)20-10-12-28(6,31-18-20)23(24(35)36)30(39,25(37)38)17-22(33)34/h8-10,12,16,18,23,31,39H,7,11,13-15,17,19H2,1-6H3,(H,33,34)(H,35,36)(H,37,38)/t23?,28-,29?,30?/m0/s1. The molecule has 0 amide bonds. The summed E-state index contributed by atoms with van der Waals surface area (Å²) >= 11 is 1.76. The maximum atomic E-state index is 12.3. The van der Waals surface area contributed by atoms with Crippen LogP contribution in [0.5, 0.6) is 0 Å². The Morgan fingerprint density at radius 3 is 2.37 bits per heavy atom. The number of thiophene rings is 1. The van der Waals surface area contributed by atoms with Crippen molar-refractivity contribution in [2.45, 2.75) is 89.5 Å². The van der Waals surface area contributed by atoms with Gasteiger partial charge in [-0.1, -0.05) is 18.2 Å². The molecule has 1 aromatic heterocycles. The number of nitrogens with zero attached hydrogens (tertiary/aromatic N) is 1. The first-order valence-electron chi connectivity index (χ1n) is 13.9. The molecule has 228 valence electrons. The largest absolute Gasteiger partial charge is 0.481 e. The van der Waals surface area contributed by atoms with Crippen LogP contribution in [-0.4, -0.2) is 85.2 Å². The van der Waals surface area contributed by atoms with Crippen molar-refractivity contribution in [2.24, 2.45) is 11.3 Å². The van der Waals surface area contributed by atoms with Gasteiger partial charge in [0, 0.05) is 35.2 Å². The Kier molecular flexibility index (Phi) is 9.49. The molecule has 0 aliphatic carbocycles. The SMILES string of the molecule is CCOC(C)(C)C1(CCc2cccs2)CCN(C(C)(C)C2=CN[C@](C)(C(C(=O)O)C(O)(CC(=O)O)C(=O)O)C=C2)C1. The molecular weight excluding hydrogens is 548 g/mol. The lowest BCUT2D eigenvalue weighted by Gasteiger charge is -2.47. The molecule has 5 N–H and O–H groups in total. The zero-order valence-corrected chi connectivity index (χ0v) is 25.6. The summed E-state index contributed by atoms with van der Waals surface area (Å²) in [5, 5.41) is 44.8. The molecule has 3 unspecified atom stereocenters. The highest BCUT2D eigenvalue weighted by Gasteiger charge is 2.58. The minimum Gasteiger partial charge on any atom is -0.481 e. The van der Waals surface area contributed by atoms with Gasteiger partial charge in [-0.15, -0.1) is 11.3 Å². The molecule has 4 atom stereocenters. The van der Waals surface area contributed by atoms with E-state index >= 15 is 0 Å². The fraction of sp³-hybridized carbons (Fsp3) is 0.633. The van der Waals surface area contributed by atoms with Crippen molar-refractivity contribution in [3.63, 3.8) is 0 Å². The smallest absolute Gasteiger partial charge is 0.337 e. The first-order valence-corrected chi connectivity index (χ1v) is 14.8. The summed E-state index contributed by atoms with van der Waals surface area (Å²) in [5.74, 6) is -7.13. The molecule has 10 nitrogen and oxygen atoms in total. The lowest BCUT2D eigenvalue weighted by molar-refractivity contribution is -0.182. The van der Waals surface area contributed by atoms with E-state index in [1.165, 1.54) is 17.9 Å². The van der Waals surface area contributed by atoms with Crippen LogP contribution in [0, 0.1) is 11.3 Å². The van der Waals surface area contributed by atoms with Gasteiger partial charge in [0.15, 0.2) is 5.60 Å². The van der Waals surface area contributed by atoms with Crippen molar-refractivity contribution in [1.82, 2.24) is 10.2 Å². The number of aliphatic carboxylic acids is 3. The van der Waals surface area contributed by atoms with E-state index in [1.54, 1.807) is 23.6 Å². The van der Waals surface area contributed by atoms with E-state index in [0.717, 1.165) is 37.9 Å². The van der Waals surface area contributed by atoms with Crippen molar-refractivity contribution in [3.05, 3.63) is 46.3 Å². The van der Waals surface area contributed by atoms with Crippen molar-refractivity contribution in [1.29, 1.82) is 0 Å². The Bertz CT molecular complexity index is 1190. The molecule has 1 fully saturated rings. The van der Waals surface area contributed by atoms with Crippen LogP contribution in [0.2, 0.25) is 0 Å². The second kappa shape index (κ2) is 11.9. The molecule has 3 rings (SSSR count). The summed E-state index contributed by atoms with van der Waals surface area (Å²) in [6.07, 6.45) is 6.53. The second-order valence-electron chi connectivity index (χ2n) is 12.5. The number of carboxylic acids is 3. The Morgan fingerprint density at radius 1 is 1.20 bits per heavy atom. The molecule has 0 radical (unpaired) electrons. The van der Waals surface area contributed by atoms with Crippen molar-refractivity contribution in [3.8, 4) is 0 Å². The summed E-state index contributed by atoms with van der Waals surface area (Å²) in [6, 6.07) is 4.23. The number of nitrogens with one attached hydrogen (secondary N) is 1. The Hall–Kier alpha value is -2.73. The Labute approximate surface area is 245 Å². The minimum absolute atomic E-state index is 0.103. The maximum absolute atomic E-state index is 12.3. The van der Waals surface area contributed by atoms with E-state index < -0.39 is 46.9 Å². The predicted octanol–water partition coefficient (Wildman–Crippen LogP) is 3.76. The molecule has 0 spiro atoms. The number of aliphatic hydroxyl groups is 1. The summed E-state index contributed by atoms with van der Waals surface area (Å²) in [6.45, 7) is 14.2. The highest BCUT2D eigenvalue weighted by molar-refractivity contribution is 7.09. The van der Waals surface area contributed by atoms with E-state index in [2.05, 4.69) is 55.4 Å². The van der Waals surface area contributed by atoms with Gasteiger partial charge in [-0.05, 0) is 84.4 Å². The zero-order valence-electron chi connectivity index (χ0n) is 24.8. The van der Waals surface area contributed by atoms with Crippen LogP contribution < -0.4 is 5.32 Å². The van der Waals surface area contributed by atoms with Crippen LogP contribution >= 0.6 is 11.3 Å². The maximum Gasteiger partial charge on any atom is 0.337 e. The van der Waals surface area contributed by atoms with E-state index in [9.17, 15) is 34.8 Å². The predicted molar refractivity (Wildman–Crippen MR) is 156 cm³/mol. The highest BCUT2D eigenvalue weighted by atomic mass is 32.1. The number of ether oxygens (including phenoxy) is 1. The minimum atomic E-state index is -3.04. The number of carboxylic acid groups (broad SMARTS) is 3. The van der Waals surface area contributed by atoms with E-state index in [-0.39, 0.29) is 11.0 Å². The number of hydrogen-bond acceptors (Lipinski definition) is 8. The summed E-state index contributed by atoms with van der Waals surface area (Å²) in [5.41, 5.74) is -4.71. The molecule has 2 aliphatic heterocycles. The van der Waals surface area contributed by atoms with Crippen molar-refractivity contribution >= 4 is 29.2 Å². The highest BCUT2D eigenvalue weighted by Crippen LogP contribution is 2.49. The first-order chi connectivity index (χ1) is 18.9. The topological polar surface area (TPSA) is 157 Å². The Balaban J connectivity index is 1.87. The number of hydrogen-bond donors (Lipinski definition) is 5. The van der Waals surface area contributed by atoms with Crippen LogP contribution in [0.25, 0.3) is 0 Å². The molecule has 1 aromatic rings. The molecule has 3 heterocycles. The van der Waals surface area contributed by atoms with Gasteiger partial charge in [-0.3, -0.25) is 14.5 Å². The van der Waals surface area contributed by atoms with Gasteiger partial charge in [-0.2, -0.15) is 0 Å². The second-order valence-corrected chi connectivity index (χ2v) is 13.5. The van der Waals surface area contributed by atoms with Gasteiger partial charge in [0.05, 0.1) is 17.6 Å². The zero-order chi connectivity index (χ0) is 30.9. The number of aryl methyl sites for hydroxylation is 1. The van der Waals surface area contributed by atoms with Crippen molar-refractivity contribution < 1.29 is 39.5 Å². The van der Waals surface area contributed by atoms with Gasteiger partial charge < -0.3 is 30.5 Å². The van der Waals surface area contributed by atoms with Crippen LogP contribution in [0.15, 0.2) is 41.4 Å². The average Bonchev–Trinajstić information content (AvgIpc) is 3.53. The van der Waals surface area contributed by atoms with Gasteiger partial charge in [0.1, 0.15) is 5.92 Å². The van der Waals surface area contributed by atoms with E-state index in [0.29, 0.717) is 6.61 Å². The monoisotopic (exact) mass is 592 g/mol. The summed E-state index contributed by atoms with van der Waals surface area (Å²) < 4.78 is 6.31. The fourth-order valence-corrected chi connectivity index (χ4v) is 7.21. The number of carbonyl (C=O) groups is 3. The Morgan fingerprint density at radius 2 is 1.88 bits per heavy atom. The fourth-order valence-electron chi connectivity index (χ4n) is 6.50. The van der Waals surface area contributed by atoms with Crippen LogP contribution in [0.4, 0.5) is 0 Å². The van der Waals surface area contributed by atoms with Crippen LogP contribution in [-0.2, 0) is 25.5 Å². The number of dihydropyridines is 1. The average molecular weight is 593 g/mol. The van der Waals surface area contributed by atoms with Gasteiger partial charge >= 0.3 is 17.9 Å². The molecule has 0 saturated carbocycles. The van der Waals surface area contributed by atoms with E-state index in [1.807, 2.05) is 6.92 Å². The third-order valence-electron chi connectivity index (χ3n) is 9.33. The normalized spacial score (nSPS) is 25.7.